The van der Waals surface area contributed by atoms with Gasteiger partial charge in [0.25, 0.3) is 0 Å². The van der Waals surface area contributed by atoms with E-state index in [0.29, 0.717) is 21.5 Å². The van der Waals surface area contributed by atoms with Crippen molar-refractivity contribution in [3.63, 3.8) is 0 Å². The third kappa shape index (κ3) is 4.29. The van der Waals surface area contributed by atoms with Gasteiger partial charge in [0.05, 0.1) is 12.1 Å². The average molecular weight is 341 g/mol. The van der Waals surface area contributed by atoms with E-state index in [4.69, 9.17) is 32.7 Å². The second-order valence-corrected chi connectivity index (χ2v) is 5.42. The van der Waals surface area contributed by atoms with E-state index in [9.17, 15) is 9.90 Å². The molecule has 4 nitrogen and oxygen atoms in total. The monoisotopic (exact) mass is 340 g/mol. The van der Waals surface area contributed by atoms with Crippen LogP contribution >= 0.6 is 23.2 Å². The molecule has 0 heterocycles. The van der Waals surface area contributed by atoms with Gasteiger partial charge >= 0.3 is 5.97 Å². The molecule has 2 aromatic rings. The molecule has 0 saturated carbocycles. The Kier molecular flexibility index (Phi) is 5.52. The summed E-state index contributed by atoms with van der Waals surface area (Å²) in [6.07, 6.45) is -0.867. The van der Waals surface area contributed by atoms with Crippen molar-refractivity contribution < 1.29 is 19.4 Å². The number of aliphatic carboxylic acids is 1. The van der Waals surface area contributed by atoms with E-state index < -0.39 is 12.1 Å². The number of carboxylic acids is 1. The first-order valence-electron chi connectivity index (χ1n) is 6.47. The summed E-state index contributed by atoms with van der Waals surface area (Å²) in [6, 6.07) is 11.7. The fourth-order valence-electron chi connectivity index (χ4n) is 1.93. The molecule has 1 unspecified atom stereocenters. The molecular formula is C16H14Cl2O4. The lowest BCUT2D eigenvalue weighted by molar-refractivity contribution is -0.145. The molecular weight excluding hydrogens is 327 g/mol. The first-order chi connectivity index (χ1) is 10.5. The van der Waals surface area contributed by atoms with Crippen molar-refractivity contribution in [1.82, 2.24) is 0 Å². The smallest absolute Gasteiger partial charge is 0.345 e. The Hall–Kier alpha value is -1.91. The van der Waals surface area contributed by atoms with E-state index in [0.717, 1.165) is 5.56 Å². The van der Waals surface area contributed by atoms with Gasteiger partial charge in [0.2, 0.25) is 0 Å². The number of benzene rings is 2. The Bertz CT molecular complexity index is 673. The average Bonchev–Trinajstić information content (AvgIpc) is 2.46. The second-order valence-electron chi connectivity index (χ2n) is 4.58. The molecule has 0 aromatic heterocycles. The van der Waals surface area contributed by atoms with E-state index in [1.54, 1.807) is 42.5 Å². The van der Waals surface area contributed by atoms with Gasteiger partial charge < -0.3 is 14.6 Å². The molecule has 0 bridgehead atoms. The standard InChI is InChI=1S/C16H14Cl2O4/c1-21-14-6-5-10(7-13(14)18)8-15(16(19)20)22-12-4-2-3-11(17)9-12/h2-7,9,15H,8H2,1H3,(H,19,20). The normalized spacial score (nSPS) is 11.8. The Morgan fingerprint density at radius 1 is 1.23 bits per heavy atom. The minimum atomic E-state index is -1.06. The lowest BCUT2D eigenvalue weighted by atomic mass is 10.1. The van der Waals surface area contributed by atoms with Crippen molar-refractivity contribution in [1.29, 1.82) is 0 Å². The summed E-state index contributed by atoms with van der Waals surface area (Å²) in [4.78, 5) is 11.4. The first-order valence-corrected chi connectivity index (χ1v) is 7.22. The Morgan fingerprint density at radius 2 is 2.00 bits per heavy atom. The predicted octanol–water partition coefficient (Wildman–Crippen LogP) is 4.08. The van der Waals surface area contributed by atoms with Gasteiger partial charge in [-0.25, -0.2) is 4.79 Å². The number of ether oxygens (including phenoxy) is 2. The number of methoxy groups -OCH3 is 1. The minimum Gasteiger partial charge on any atom is -0.495 e. The SMILES string of the molecule is COc1ccc(CC(Oc2cccc(Cl)c2)C(=O)O)cc1Cl. The van der Waals surface area contributed by atoms with Crippen LogP contribution in [0.3, 0.4) is 0 Å². The maximum Gasteiger partial charge on any atom is 0.345 e. The third-order valence-corrected chi connectivity index (χ3v) is 3.52. The molecule has 2 rings (SSSR count). The highest BCUT2D eigenvalue weighted by Crippen LogP contribution is 2.26. The van der Waals surface area contributed by atoms with Crippen molar-refractivity contribution in [2.75, 3.05) is 7.11 Å². The van der Waals surface area contributed by atoms with E-state index in [1.165, 1.54) is 7.11 Å². The zero-order valence-corrected chi connectivity index (χ0v) is 13.3. The summed E-state index contributed by atoms with van der Waals surface area (Å²) >= 11 is 11.9. The van der Waals surface area contributed by atoms with Crippen LogP contribution in [0.5, 0.6) is 11.5 Å². The third-order valence-electron chi connectivity index (χ3n) is 2.99. The van der Waals surface area contributed by atoms with E-state index >= 15 is 0 Å². The van der Waals surface area contributed by atoms with Crippen LogP contribution in [0.4, 0.5) is 0 Å². The molecule has 1 N–H and O–H groups in total. The molecule has 0 saturated heterocycles. The van der Waals surface area contributed by atoms with Crippen molar-refractivity contribution in [2.24, 2.45) is 0 Å². The summed E-state index contributed by atoms with van der Waals surface area (Å²) in [5.74, 6) is -0.125. The van der Waals surface area contributed by atoms with Crippen LogP contribution in [0.15, 0.2) is 42.5 Å². The fourth-order valence-corrected chi connectivity index (χ4v) is 2.40. The molecule has 0 amide bonds. The molecule has 6 heteroatoms. The maximum atomic E-state index is 11.4. The van der Waals surface area contributed by atoms with Gasteiger partial charge in [-0.3, -0.25) is 0 Å². The van der Waals surface area contributed by atoms with Crippen molar-refractivity contribution in [2.45, 2.75) is 12.5 Å². The zero-order chi connectivity index (χ0) is 16.1. The summed E-state index contributed by atoms with van der Waals surface area (Å²) in [5.41, 5.74) is 0.736. The van der Waals surface area contributed by atoms with Crippen LogP contribution in [0.1, 0.15) is 5.56 Å². The minimum absolute atomic E-state index is 0.172. The molecule has 22 heavy (non-hydrogen) atoms. The number of hydrogen-bond acceptors (Lipinski definition) is 3. The number of carboxylic acid groups (broad SMARTS) is 1. The first kappa shape index (κ1) is 16.5. The van der Waals surface area contributed by atoms with E-state index in [-0.39, 0.29) is 6.42 Å². The molecule has 0 aliphatic carbocycles. The summed E-state index contributed by atoms with van der Waals surface area (Å²) in [6.45, 7) is 0. The number of carbonyl (C=O) groups is 1. The highest BCUT2D eigenvalue weighted by Gasteiger charge is 2.20. The molecule has 0 aliphatic heterocycles. The quantitative estimate of drug-likeness (QED) is 0.860. The van der Waals surface area contributed by atoms with E-state index in [1.807, 2.05) is 0 Å². The highest BCUT2D eigenvalue weighted by atomic mass is 35.5. The Labute approximate surface area is 138 Å². The molecule has 0 fully saturated rings. The zero-order valence-electron chi connectivity index (χ0n) is 11.8. The Balaban J connectivity index is 2.15. The van der Waals surface area contributed by atoms with Crippen LogP contribution < -0.4 is 9.47 Å². The number of halogens is 2. The fraction of sp³-hybridized carbons (Fsp3) is 0.188. The van der Waals surface area contributed by atoms with Crippen molar-refractivity contribution in [3.8, 4) is 11.5 Å². The van der Waals surface area contributed by atoms with Gasteiger partial charge in [0.1, 0.15) is 11.5 Å². The molecule has 1 atom stereocenters. The van der Waals surface area contributed by atoms with E-state index in [2.05, 4.69) is 0 Å². The lowest BCUT2D eigenvalue weighted by Gasteiger charge is -2.16. The van der Waals surface area contributed by atoms with Gasteiger partial charge in [-0.15, -0.1) is 0 Å². The summed E-state index contributed by atoms with van der Waals surface area (Å²) in [7, 11) is 1.52. The maximum absolute atomic E-state index is 11.4. The lowest BCUT2D eigenvalue weighted by Crippen LogP contribution is -2.29. The van der Waals surface area contributed by atoms with Crippen LogP contribution in [0.25, 0.3) is 0 Å². The van der Waals surface area contributed by atoms with Gasteiger partial charge in [0, 0.05) is 11.4 Å². The molecule has 116 valence electrons. The summed E-state index contributed by atoms with van der Waals surface area (Å²) < 4.78 is 10.6. The second kappa shape index (κ2) is 7.38. The predicted molar refractivity (Wildman–Crippen MR) is 85.2 cm³/mol. The highest BCUT2D eigenvalue weighted by molar-refractivity contribution is 6.32. The van der Waals surface area contributed by atoms with Gasteiger partial charge in [-0.05, 0) is 35.9 Å². The largest absolute Gasteiger partial charge is 0.495 e. The molecule has 2 aromatic carbocycles. The summed E-state index contributed by atoms with van der Waals surface area (Å²) in [5, 5.41) is 10.2. The van der Waals surface area contributed by atoms with Crippen molar-refractivity contribution in [3.05, 3.63) is 58.1 Å². The molecule has 0 aliphatic rings. The van der Waals surface area contributed by atoms with Crippen LogP contribution in [-0.4, -0.2) is 24.3 Å². The van der Waals surface area contributed by atoms with Crippen LogP contribution in [0, 0.1) is 0 Å². The molecule has 0 radical (unpaired) electrons. The van der Waals surface area contributed by atoms with Crippen molar-refractivity contribution >= 4 is 29.2 Å². The Morgan fingerprint density at radius 3 is 2.59 bits per heavy atom. The molecule has 0 spiro atoms. The van der Waals surface area contributed by atoms with Gasteiger partial charge in [-0.1, -0.05) is 35.3 Å². The van der Waals surface area contributed by atoms with Gasteiger partial charge in [0.15, 0.2) is 6.10 Å². The topological polar surface area (TPSA) is 55.8 Å². The van der Waals surface area contributed by atoms with Crippen LogP contribution in [0.2, 0.25) is 10.0 Å². The van der Waals surface area contributed by atoms with Gasteiger partial charge in [-0.2, -0.15) is 0 Å². The number of hydrogen-bond donors (Lipinski definition) is 1. The number of rotatable bonds is 6. The van der Waals surface area contributed by atoms with Crippen LogP contribution in [-0.2, 0) is 11.2 Å².